The monoisotopic (exact) mass is 397 g/mol. The minimum atomic E-state index is 0.00348. The van der Waals surface area contributed by atoms with E-state index in [9.17, 15) is 4.79 Å². The Morgan fingerprint density at radius 3 is 2.44 bits per heavy atom. The standard InChI is InChI=1S/C18H21Cl2N3OS/c19-15-3-1-2-4-16(15)21-18(24)7-8-22-9-11-23(12-10-22)13-14-5-6-17(20)25-14/h1-6H,7-13H2,(H,21,24). The lowest BCUT2D eigenvalue weighted by molar-refractivity contribution is -0.116. The van der Waals surface area contributed by atoms with Gasteiger partial charge >= 0.3 is 0 Å². The fourth-order valence-electron chi connectivity index (χ4n) is 2.86. The molecule has 7 heteroatoms. The molecule has 4 nitrogen and oxygen atoms in total. The van der Waals surface area contributed by atoms with Crippen LogP contribution in [-0.4, -0.2) is 48.4 Å². The van der Waals surface area contributed by atoms with E-state index in [2.05, 4.69) is 21.2 Å². The number of hydrogen-bond donors (Lipinski definition) is 1. The van der Waals surface area contributed by atoms with Crippen molar-refractivity contribution in [2.75, 3.05) is 38.0 Å². The van der Waals surface area contributed by atoms with E-state index >= 15 is 0 Å². The van der Waals surface area contributed by atoms with Crippen LogP contribution < -0.4 is 5.32 Å². The quantitative estimate of drug-likeness (QED) is 0.792. The summed E-state index contributed by atoms with van der Waals surface area (Å²) in [5.41, 5.74) is 0.675. The van der Waals surface area contributed by atoms with Crippen molar-refractivity contribution in [1.29, 1.82) is 0 Å². The summed E-state index contributed by atoms with van der Waals surface area (Å²) in [7, 11) is 0. The minimum Gasteiger partial charge on any atom is -0.325 e. The minimum absolute atomic E-state index is 0.00348. The number of nitrogens with one attached hydrogen (secondary N) is 1. The SMILES string of the molecule is O=C(CCN1CCN(Cc2ccc(Cl)s2)CC1)Nc1ccccc1Cl. The average Bonchev–Trinajstić information content (AvgIpc) is 3.01. The largest absolute Gasteiger partial charge is 0.325 e. The molecule has 2 aromatic rings. The van der Waals surface area contributed by atoms with Gasteiger partial charge in [-0.15, -0.1) is 11.3 Å². The van der Waals surface area contributed by atoms with Gasteiger partial charge in [-0.25, -0.2) is 0 Å². The van der Waals surface area contributed by atoms with Gasteiger partial charge in [-0.3, -0.25) is 9.69 Å². The van der Waals surface area contributed by atoms with Crippen molar-refractivity contribution in [2.45, 2.75) is 13.0 Å². The van der Waals surface area contributed by atoms with Crippen LogP contribution in [0.2, 0.25) is 9.36 Å². The predicted octanol–water partition coefficient (Wildman–Crippen LogP) is 4.20. The maximum Gasteiger partial charge on any atom is 0.225 e. The van der Waals surface area contributed by atoms with E-state index in [1.807, 2.05) is 24.3 Å². The van der Waals surface area contributed by atoms with Crippen LogP contribution in [0.5, 0.6) is 0 Å². The Morgan fingerprint density at radius 1 is 1.04 bits per heavy atom. The maximum absolute atomic E-state index is 12.1. The topological polar surface area (TPSA) is 35.6 Å². The summed E-state index contributed by atoms with van der Waals surface area (Å²) in [6.45, 7) is 5.73. The fourth-order valence-corrected chi connectivity index (χ4v) is 4.18. The first-order valence-corrected chi connectivity index (χ1v) is 9.91. The van der Waals surface area contributed by atoms with Crippen LogP contribution in [0.1, 0.15) is 11.3 Å². The zero-order valence-corrected chi connectivity index (χ0v) is 16.2. The van der Waals surface area contributed by atoms with E-state index in [0.717, 1.165) is 43.6 Å². The lowest BCUT2D eigenvalue weighted by Crippen LogP contribution is -2.46. The van der Waals surface area contributed by atoms with Gasteiger partial charge in [0.2, 0.25) is 5.91 Å². The lowest BCUT2D eigenvalue weighted by atomic mass is 10.2. The number of hydrogen-bond acceptors (Lipinski definition) is 4. The molecule has 25 heavy (non-hydrogen) atoms. The van der Waals surface area contributed by atoms with Gasteiger partial charge in [0.25, 0.3) is 0 Å². The van der Waals surface area contributed by atoms with Crippen molar-refractivity contribution in [1.82, 2.24) is 9.80 Å². The molecule has 0 radical (unpaired) electrons. The van der Waals surface area contributed by atoms with E-state index in [1.165, 1.54) is 4.88 Å². The molecule has 1 fully saturated rings. The van der Waals surface area contributed by atoms with Crippen LogP contribution in [0.25, 0.3) is 0 Å². The van der Waals surface area contributed by atoms with Gasteiger partial charge in [0.05, 0.1) is 15.0 Å². The highest BCUT2D eigenvalue weighted by Crippen LogP contribution is 2.23. The summed E-state index contributed by atoms with van der Waals surface area (Å²) in [5.74, 6) is 0.00348. The number of benzene rings is 1. The van der Waals surface area contributed by atoms with Gasteiger partial charge in [0.15, 0.2) is 0 Å². The average molecular weight is 398 g/mol. The Hall–Kier alpha value is -1.11. The molecule has 3 rings (SSSR count). The number of thiophene rings is 1. The van der Waals surface area contributed by atoms with Gasteiger partial charge < -0.3 is 10.2 Å². The zero-order valence-electron chi connectivity index (χ0n) is 13.9. The number of rotatable bonds is 6. The molecule has 2 heterocycles. The Bertz CT molecular complexity index is 714. The molecule has 1 aromatic heterocycles. The summed E-state index contributed by atoms with van der Waals surface area (Å²) >= 11 is 13.7. The van der Waals surface area contributed by atoms with Crippen LogP contribution in [0.3, 0.4) is 0 Å². The molecule has 0 unspecified atom stereocenters. The summed E-state index contributed by atoms with van der Waals surface area (Å²) in [6.07, 6.45) is 0.478. The normalized spacial score (nSPS) is 16.1. The van der Waals surface area contributed by atoms with E-state index in [-0.39, 0.29) is 5.91 Å². The van der Waals surface area contributed by atoms with Crippen molar-refractivity contribution in [3.05, 3.63) is 50.6 Å². The van der Waals surface area contributed by atoms with Crippen LogP contribution in [0, 0.1) is 0 Å². The summed E-state index contributed by atoms with van der Waals surface area (Å²) < 4.78 is 0.846. The molecule has 1 aliphatic heterocycles. The van der Waals surface area contributed by atoms with Crippen LogP contribution >= 0.6 is 34.5 Å². The second-order valence-corrected chi connectivity index (χ2v) is 8.31. The fraction of sp³-hybridized carbons (Fsp3) is 0.389. The van der Waals surface area contributed by atoms with E-state index in [0.29, 0.717) is 17.1 Å². The molecule has 0 aliphatic carbocycles. The summed E-state index contributed by atoms with van der Waals surface area (Å²) in [6, 6.07) is 11.4. The Kier molecular flexibility index (Phi) is 6.73. The molecule has 0 spiro atoms. The zero-order chi connectivity index (χ0) is 17.6. The predicted molar refractivity (Wildman–Crippen MR) is 106 cm³/mol. The molecule has 0 saturated carbocycles. The van der Waals surface area contributed by atoms with Gasteiger partial charge in [0, 0.05) is 50.6 Å². The molecule has 1 amide bonds. The molecule has 0 atom stereocenters. The highest BCUT2D eigenvalue weighted by molar-refractivity contribution is 7.16. The first-order chi connectivity index (χ1) is 12.1. The number of piperazine rings is 1. The second kappa shape index (κ2) is 9.01. The second-order valence-electron chi connectivity index (χ2n) is 6.10. The van der Waals surface area contributed by atoms with Crippen molar-refractivity contribution >= 4 is 46.1 Å². The number of carbonyl (C=O) groups is 1. The highest BCUT2D eigenvalue weighted by atomic mass is 35.5. The third kappa shape index (κ3) is 5.69. The highest BCUT2D eigenvalue weighted by Gasteiger charge is 2.18. The van der Waals surface area contributed by atoms with E-state index < -0.39 is 0 Å². The number of carbonyl (C=O) groups excluding carboxylic acids is 1. The van der Waals surface area contributed by atoms with Gasteiger partial charge in [-0.05, 0) is 24.3 Å². The third-order valence-electron chi connectivity index (χ3n) is 4.28. The van der Waals surface area contributed by atoms with Gasteiger partial charge in [-0.2, -0.15) is 0 Å². The number of halogens is 2. The number of para-hydroxylation sites is 1. The van der Waals surface area contributed by atoms with E-state index in [1.54, 1.807) is 17.4 Å². The molecular weight excluding hydrogens is 377 g/mol. The summed E-state index contributed by atoms with van der Waals surface area (Å²) in [5, 5.41) is 3.44. The van der Waals surface area contributed by atoms with Gasteiger partial charge in [0.1, 0.15) is 0 Å². The maximum atomic E-state index is 12.1. The summed E-state index contributed by atoms with van der Waals surface area (Å²) in [4.78, 5) is 18.2. The number of anilines is 1. The van der Waals surface area contributed by atoms with Crippen LogP contribution in [0.15, 0.2) is 36.4 Å². The molecule has 1 saturated heterocycles. The Labute approximate surface area is 162 Å². The van der Waals surface area contributed by atoms with Gasteiger partial charge in [-0.1, -0.05) is 35.3 Å². The molecule has 134 valence electrons. The molecule has 1 aliphatic rings. The first-order valence-electron chi connectivity index (χ1n) is 8.33. The van der Waals surface area contributed by atoms with Crippen molar-refractivity contribution < 1.29 is 4.79 Å². The molecule has 1 aromatic carbocycles. The Morgan fingerprint density at radius 2 is 1.76 bits per heavy atom. The molecule has 0 bridgehead atoms. The molecule has 1 N–H and O–H groups in total. The Balaban J connectivity index is 1.37. The molecular formula is C18H21Cl2N3OS. The number of amides is 1. The first kappa shape index (κ1) is 18.7. The van der Waals surface area contributed by atoms with Crippen molar-refractivity contribution in [2.24, 2.45) is 0 Å². The van der Waals surface area contributed by atoms with Crippen molar-refractivity contribution in [3.63, 3.8) is 0 Å². The smallest absolute Gasteiger partial charge is 0.225 e. The van der Waals surface area contributed by atoms with Crippen LogP contribution in [0.4, 0.5) is 5.69 Å². The van der Waals surface area contributed by atoms with Crippen molar-refractivity contribution in [3.8, 4) is 0 Å². The third-order valence-corrected chi connectivity index (χ3v) is 5.82. The van der Waals surface area contributed by atoms with Crippen LogP contribution in [-0.2, 0) is 11.3 Å². The number of nitrogens with zero attached hydrogens (tertiary/aromatic N) is 2. The lowest BCUT2D eigenvalue weighted by Gasteiger charge is -2.34. The van der Waals surface area contributed by atoms with E-state index in [4.69, 9.17) is 23.2 Å².